The average molecular weight is 539 g/mol. The Labute approximate surface area is 214 Å². The monoisotopic (exact) mass is 538 g/mol. The number of piperazine rings is 1. The van der Waals surface area contributed by atoms with Gasteiger partial charge in [0, 0.05) is 51.8 Å². The van der Waals surface area contributed by atoms with Crippen LogP contribution in [0.25, 0.3) is 11.2 Å². The minimum atomic E-state index is -3.35. The van der Waals surface area contributed by atoms with Gasteiger partial charge in [-0.1, -0.05) is 11.6 Å². The lowest BCUT2D eigenvalue weighted by atomic mass is 10.2. The fraction of sp³-hybridized carbons (Fsp3) is 0.522. The van der Waals surface area contributed by atoms with Crippen LogP contribution < -0.4 is 11.2 Å². The third-order valence-corrected chi connectivity index (χ3v) is 8.66. The maximum absolute atomic E-state index is 12.8. The van der Waals surface area contributed by atoms with Gasteiger partial charge < -0.3 is 14.6 Å². The predicted molar refractivity (Wildman–Crippen MR) is 137 cm³/mol. The van der Waals surface area contributed by atoms with Crippen molar-refractivity contribution in [2.45, 2.75) is 24.0 Å². The third kappa shape index (κ3) is 5.73. The number of imidazole rings is 1. The largest absolute Gasteiger partial charge is 0.390 e. The Bertz CT molecular complexity index is 1440. The van der Waals surface area contributed by atoms with Gasteiger partial charge in [-0.3, -0.25) is 18.8 Å². The molecular weight excluding hydrogens is 508 g/mol. The predicted octanol–water partition coefficient (Wildman–Crippen LogP) is -0.0704. The number of aliphatic hydroxyl groups is 1. The van der Waals surface area contributed by atoms with Crippen molar-refractivity contribution >= 4 is 32.6 Å². The molecule has 4 rings (SSSR count). The zero-order valence-electron chi connectivity index (χ0n) is 20.4. The van der Waals surface area contributed by atoms with E-state index in [9.17, 15) is 23.1 Å². The van der Waals surface area contributed by atoms with Gasteiger partial charge in [-0.15, -0.1) is 0 Å². The maximum Gasteiger partial charge on any atom is 0.332 e. The molecule has 0 radical (unpaired) electrons. The zero-order valence-corrected chi connectivity index (χ0v) is 22.0. The van der Waals surface area contributed by atoms with Gasteiger partial charge in [0.2, 0.25) is 0 Å². The highest BCUT2D eigenvalue weighted by atomic mass is 35.5. The lowest BCUT2D eigenvalue weighted by Gasteiger charge is -2.35. The van der Waals surface area contributed by atoms with Crippen LogP contribution in [0.2, 0.25) is 5.02 Å². The number of sulfone groups is 1. The summed E-state index contributed by atoms with van der Waals surface area (Å²) < 4.78 is 29.0. The van der Waals surface area contributed by atoms with Crippen LogP contribution >= 0.6 is 11.6 Å². The molecule has 196 valence electrons. The first-order chi connectivity index (χ1) is 17.1. The van der Waals surface area contributed by atoms with E-state index in [4.69, 9.17) is 11.6 Å². The molecule has 1 unspecified atom stereocenters. The van der Waals surface area contributed by atoms with Gasteiger partial charge in [-0.25, -0.2) is 18.2 Å². The number of benzene rings is 1. The minimum absolute atomic E-state index is 0.0677. The molecule has 0 amide bonds. The van der Waals surface area contributed by atoms with E-state index in [0.717, 1.165) is 17.7 Å². The number of halogens is 1. The van der Waals surface area contributed by atoms with Gasteiger partial charge in [-0.2, -0.15) is 0 Å². The van der Waals surface area contributed by atoms with Gasteiger partial charge >= 0.3 is 5.69 Å². The van der Waals surface area contributed by atoms with Crippen molar-refractivity contribution in [3.63, 3.8) is 0 Å². The molecule has 1 aliphatic heterocycles. The first-order valence-electron chi connectivity index (χ1n) is 11.8. The van der Waals surface area contributed by atoms with Crippen molar-refractivity contribution in [1.82, 2.24) is 28.5 Å². The topological polar surface area (TPSA) is 123 Å². The van der Waals surface area contributed by atoms with Crippen LogP contribution in [0.4, 0.5) is 0 Å². The van der Waals surface area contributed by atoms with Crippen molar-refractivity contribution in [3.05, 3.63) is 56.5 Å². The Balaban J connectivity index is 1.26. The first kappa shape index (κ1) is 26.6. The van der Waals surface area contributed by atoms with Crippen LogP contribution in [0.3, 0.4) is 0 Å². The van der Waals surface area contributed by atoms with Gasteiger partial charge in [0.15, 0.2) is 21.0 Å². The second kappa shape index (κ2) is 10.9. The summed E-state index contributed by atoms with van der Waals surface area (Å²) in [7, 11) is -0.102. The summed E-state index contributed by atoms with van der Waals surface area (Å²) in [5, 5.41) is 11.1. The summed E-state index contributed by atoms with van der Waals surface area (Å²) in [6.45, 7) is 3.79. The normalized spacial score (nSPS) is 16.6. The van der Waals surface area contributed by atoms with E-state index >= 15 is 0 Å². The number of hydrogen-bond acceptors (Lipinski definition) is 8. The molecular formula is C23H31ClN6O5S. The highest BCUT2D eigenvalue weighted by Crippen LogP contribution is 2.16. The third-order valence-electron chi connectivity index (χ3n) is 6.59. The Hall–Kier alpha value is -2.51. The molecule has 1 saturated heterocycles. The summed E-state index contributed by atoms with van der Waals surface area (Å²) in [6, 6.07) is 6.21. The Morgan fingerprint density at radius 2 is 1.67 bits per heavy atom. The number of aliphatic hydroxyl groups excluding tert-OH is 1. The van der Waals surface area contributed by atoms with Gasteiger partial charge in [0.1, 0.15) is 0 Å². The van der Waals surface area contributed by atoms with E-state index in [1.807, 2.05) is 0 Å². The number of aromatic nitrogens is 4. The molecule has 1 fully saturated rings. The highest BCUT2D eigenvalue weighted by Gasteiger charge is 2.22. The van der Waals surface area contributed by atoms with Crippen LogP contribution in [0.5, 0.6) is 0 Å². The lowest BCUT2D eigenvalue weighted by Crippen LogP contribution is -2.50. The molecule has 1 N–H and O–H groups in total. The minimum Gasteiger partial charge on any atom is -0.390 e. The molecule has 0 bridgehead atoms. The molecule has 3 heterocycles. The lowest BCUT2D eigenvalue weighted by molar-refractivity contribution is 0.0632. The number of aryl methyl sites for hydroxylation is 2. The van der Waals surface area contributed by atoms with Crippen LogP contribution in [0.15, 0.2) is 45.1 Å². The molecule has 13 heteroatoms. The number of hydrogen-bond donors (Lipinski definition) is 1. The molecule has 36 heavy (non-hydrogen) atoms. The molecule has 1 aliphatic rings. The zero-order chi connectivity index (χ0) is 26.0. The van der Waals surface area contributed by atoms with E-state index in [-0.39, 0.29) is 17.2 Å². The number of fused-ring (bicyclic) bond motifs is 1. The molecule has 11 nitrogen and oxygen atoms in total. The fourth-order valence-electron chi connectivity index (χ4n) is 4.56. The van der Waals surface area contributed by atoms with Crippen molar-refractivity contribution in [1.29, 1.82) is 0 Å². The Morgan fingerprint density at radius 3 is 2.33 bits per heavy atom. The highest BCUT2D eigenvalue weighted by molar-refractivity contribution is 7.91. The van der Waals surface area contributed by atoms with Gasteiger partial charge in [0.25, 0.3) is 5.56 Å². The fourth-order valence-corrected chi connectivity index (χ4v) is 5.98. The van der Waals surface area contributed by atoms with E-state index in [1.165, 1.54) is 23.0 Å². The van der Waals surface area contributed by atoms with E-state index < -0.39 is 27.2 Å². The van der Waals surface area contributed by atoms with Crippen molar-refractivity contribution in [2.24, 2.45) is 14.1 Å². The first-order valence-corrected chi connectivity index (χ1v) is 13.8. The molecule has 0 saturated carbocycles. The van der Waals surface area contributed by atoms with Crippen molar-refractivity contribution in [3.8, 4) is 0 Å². The quantitative estimate of drug-likeness (QED) is 0.402. The SMILES string of the molecule is Cn1cnc2c1c(=O)n(CC(O)CN1CCN(CCCS(=O)(=O)c3ccc(Cl)cc3)CC1)c(=O)n2C. The van der Waals surface area contributed by atoms with E-state index in [0.29, 0.717) is 48.8 Å². The average Bonchev–Trinajstić information content (AvgIpc) is 3.23. The molecule has 2 aromatic heterocycles. The van der Waals surface area contributed by atoms with Crippen molar-refractivity contribution in [2.75, 3.05) is 45.0 Å². The summed E-state index contributed by atoms with van der Waals surface area (Å²) in [4.78, 5) is 34.2. The van der Waals surface area contributed by atoms with Gasteiger partial charge in [-0.05, 0) is 37.2 Å². The van der Waals surface area contributed by atoms with E-state index in [1.54, 1.807) is 30.8 Å². The van der Waals surface area contributed by atoms with Crippen LogP contribution in [0, 0.1) is 0 Å². The van der Waals surface area contributed by atoms with Gasteiger partial charge in [0.05, 0.1) is 29.6 Å². The second-order valence-corrected chi connectivity index (χ2v) is 11.8. The van der Waals surface area contributed by atoms with Crippen LogP contribution in [-0.2, 0) is 30.5 Å². The second-order valence-electron chi connectivity index (χ2n) is 9.21. The summed E-state index contributed by atoms with van der Waals surface area (Å²) in [5.74, 6) is 0.0677. The molecule has 3 aromatic rings. The summed E-state index contributed by atoms with van der Waals surface area (Å²) in [6.07, 6.45) is 1.12. The molecule has 1 atom stereocenters. The molecule has 0 aliphatic carbocycles. The maximum atomic E-state index is 12.8. The number of rotatable bonds is 9. The van der Waals surface area contributed by atoms with Crippen LogP contribution in [-0.4, -0.2) is 93.1 Å². The Kier molecular flexibility index (Phi) is 8.00. The summed E-state index contributed by atoms with van der Waals surface area (Å²) in [5.41, 5.74) is -0.347. The summed E-state index contributed by atoms with van der Waals surface area (Å²) >= 11 is 5.84. The van der Waals surface area contributed by atoms with Crippen molar-refractivity contribution < 1.29 is 13.5 Å². The molecule has 0 spiro atoms. The number of nitrogens with zero attached hydrogens (tertiary/aromatic N) is 6. The number of β-amino-alcohol motifs (C(OH)–C–C–N with tert-alkyl or cyclic N) is 1. The smallest absolute Gasteiger partial charge is 0.332 e. The standard InChI is InChI=1S/C23H31ClN6O5S/c1-26-16-25-21-20(26)22(32)30(23(33)27(21)2)15-18(31)14-29-11-9-28(10-12-29)8-3-13-36(34,35)19-6-4-17(24)5-7-19/h4-7,16,18,31H,3,8-15H2,1-2H3. The van der Waals surface area contributed by atoms with Crippen LogP contribution in [0.1, 0.15) is 6.42 Å². The Morgan fingerprint density at radius 1 is 1.03 bits per heavy atom. The molecule has 1 aromatic carbocycles. The van der Waals surface area contributed by atoms with E-state index in [2.05, 4.69) is 14.8 Å².